The van der Waals surface area contributed by atoms with Crippen molar-refractivity contribution in [2.45, 2.75) is 33.3 Å². The van der Waals surface area contributed by atoms with Gasteiger partial charge in [-0.25, -0.2) is 0 Å². The Bertz CT molecular complexity index is 1050. The van der Waals surface area contributed by atoms with Crippen LogP contribution in [-0.2, 0) is 4.74 Å². The van der Waals surface area contributed by atoms with Gasteiger partial charge in [-0.1, -0.05) is 0 Å². The normalized spacial score (nSPS) is 11.0. The summed E-state index contributed by atoms with van der Waals surface area (Å²) in [6.45, 7) is 6.88. The van der Waals surface area contributed by atoms with Crippen LogP contribution in [0.4, 0.5) is 11.6 Å². The molecule has 166 valence electrons. The molecule has 1 amide bonds. The van der Waals surface area contributed by atoms with Crippen LogP contribution in [0, 0.1) is 6.92 Å². The van der Waals surface area contributed by atoms with Crippen molar-refractivity contribution in [1.29, 1.82) is 0 Å². The Balaban J connectivity index is 2.01. The summed E-state index contributed by atoms with van der Waals surface area (Å²) in [6.07, 6.45) is 0.652. The lowest BCUT2D eigenvalue weighted by molar-refractivity contribution is 0.0945. The molecule has 2 aromatic heterocycles. The second-order valence-corrected chi connectivity index (χ2v) is 7.42. The number of fused-ring (bicyclic) bond motifs is 1. The predicted octanol–water partition coefficient (Wildman–Crippen LogP) is 3.57. The zero-order chi connectivity index (χ0) is 22.4. The number of H-pyrrole nitrogens is 1. The standard InChI is InChI=1S/C22H29N5O4/c1-13(2)31-22-16-12-18(30-5)17(21(28)23-7-6-8-29-4)10-15(16)11-19(25-22)24-20-9-14(3)26-27-20/h9-13H,6-8H2,1-5H3,(H,23,28)(H2,24,25,26,27). The van der Waals surface area contributed by atoms with Crippen molar-refractivity contribution in [3.63, 3.8) is 0 Å². The monoisotopic (exact) mass is 427 g/mol. The largest absolute Gasteiger partial charge is 0.496 e. The van der Waals surface area contributed by atoms with Gasteiger partial charge in [0.15, 0.2) is 5.82 Å². The number of ether oxygens (including phenoxy) is 3. The summed E-state index contributed by atoms with van der Waals surface area (Å²) in [4.78, 5) is 17.4. The third kappa shape index (κ3) is 5.64. The van der Waals surface area contributed by atoms with Crippen LogP contribution >= 0.6 is 0 Å². The molecular formula is C22H29N5O4. The van der Waals surface area contributed by atoms with Gasteiger partial charge in [-0.2, -0.15) is 10.1 Å². The van der Waals surface area contributed by atoms with Crippen LogP contribution in [0.1, 0.15) is 36.3 Å². The van der Waals surface area contributed by atoms with Crippen LogP contribution in [0.5, 0.6) is 11.6 Å². The molecule has 3 N–H and O–H groups in total. The van der Waals surface area contributed by atoms with E-state index >= 15 is 0 Å². The Morgan fingerprint density at radius 1 is 1.16 bits per heavy atom. The molecule has 1 aromatic carbocycles. The first-order valence-electron chi connectivity index (χ1n) is 10.2. The van der Waals surface area contributed by atoms with E-state index in [0.29, 0.717) is 42.0 Å². The van der Waals surface area contributed by atoms with Crippen molar-refractivity contribution < 1.29 is 19.0 Å². The number of aromatic amines is 1. The van der Waals surface area contributed by atoms with Crippen LogP contribution in [0.2, 0.25) is 0 Å². The summed E-state index contributed by atoms with van der Waals surface area (Å²) >= 11 is 0. The van der Waals surface area contributed by atoms with Crippen molar-refractivity contribution in [2.24, 2.45) is 0 Å². The number of aromatic nitrogens is 3. The first kappa shape index (κ1) is 22.4. The predicted molar refractivity (Wildman–Crippen MR) is 119 cm³/mol. The minimum Gasteiger partial charge on any atom is -0.496 e. The summed E-state index contributed by atoms with van der Waals surface area (Å²) < 4.78 is 16.5. The maximum absolute atomic E-state index is 12.8. The van der Waals surface area contributed by atoms with Crippen LogP contribution in [-0.4, -0.2) is 54.6 Å². The average molecular weight is 428 g/mol. The third-order valence-electron chi connectivity index (χ3n) is 4.48. The van der Waals surface area contributed by atoms with Crippen molar-refractivity contribution in [3.05, 3.63) is 35.5 Å². The molecule has 2 heterocycles. The first-order valence-corrected chi connectivity index (χ1v) is 10.2. The maximum atomic E-state index is 12.8. The molecule has 9 nitrogen and oxygen atoms in total. The fourth-order valence-electron chi connectivity index (χ4n) is 3.10. The second-order valence-electron chi connectivity index (χ2n) is 7.42. The number of aryl methyl sites for hydroxylation is 1. The van der Waals surface area contributed by atoms with Gasteiger partial charge >= 0.3 is 0 Å². The van der Waals surface area contributed by atoms with E-state index in [9.17, 15) is 4.79 Å². The first-order chi connectivity index (χ1) is 14.9. The van der Waals surface area contributed by atoms with E-state index in [4.69, 9.17) is 14.2 Å². The molecule has 0 unspecified atom stereocenters. The number of pyridine rings is 1. The van der Waals surface area contributed by atoms with E-state index in [1.54, 1.807) is 19.2 Å². The van der Waals surface area contributed by atoms with Crippen LogP contribution < -0.4 is 20.1 Å². The van der Waals surface area contributed by atoms with Gasteiger partial charge in [-0.3, -0.25) is 9.89 Å². The highest BCUT2D eigenvalue weighted by molar-refractivity contribution is 6.03. The number of hydrogen-bond acceptors (Lipinski definition) is 7. The van der Waals surface area contributed by atoms with Gasteiger partial charge in [0.05, 0.1) is 18.8 Å². The van der Waals surface area contributed by atoms with Crippen molar-refractivity contribution >= 4 is 28.3 Å². The zero-order valence-electron chi connectivity index (χ0n) is 18.5. The summed E-state index contributed by atoms with van der Waals surface area (Å²) in [5.74, 6) is 1.90. The van der Waals surface area contributed by atoms with Gasteiger partial charge in [0.2, 0.25) is 5.88 Å². The lowest BCUT2D eigenvalue weighted by Crippen LogP contribution is -2.25. The molecule has 0 bridgehead atoms. The Hall–Kier alpha value is -3.33. The highest BCUT2D eigenvalue weighted by Gasteiger charge is 2.18. The van der Waals surface area contributed by atoms with Gasteiger partial charge in [-0.15, -0.1) is 0 Å². The molecule has 0 saturated carbocycles. The van der Waals surface area contributed by atoms with Crippen molar-refractivity contribution in [1.82, 2.24) is 20.5 Å². The number of rotatable bonds is 10. The Morgan fingerprint density at radius 2 is 1.97 bits per heavy atom. The van der Waals surface area contributed by atoms with Gasteiger partial charge in [0.25, 0.3) is 5.91 Å². The number of anilines is 2. The molecule has 0 radical (unpaired) electrons. The minimum atomic E-state index is -0.213. The molecule has 0 aliphatic rings. The molecule has 3 aromatic rings. The topological polar surface area (TPSA) is 110 Å². The van der Waals surface area contributed by atoms with E-state index in [-0.39, 0.29) is 12.0 Å². The molecule has 0 fully saturated rings. The zero-order valence-corrected chi connectivity index (χ0v) is 18.5. The molecule has 0 aliphatic heterocycles. The van der Waals surface area contributed by atoms with E-state index in [1.807, 2.05) is 32.9 Å². The fraction of sp³-hybridized carbons (Fsp3) is 0.409. The second kappa shape index (κ2) is 10.1. The quantitative estimate of drug-likeness (QED) is 0.424. The molecule has 31 heavy (non-hydrogen) atoms. The molecule has 0 atom stereocenters. The number of carbonyl (C=O) groups is 1. The minimum absolute atomic E-state index is 0.0756. The Kier molecular flexibility index (Phi) is 7.30. The number of methoxy groups -OCH3 is 2. The molecule has 3 rings (SSSR count). The smallest absolute Gasteiger partial charge is 0.255 e. The van der Waals surface area contributed by atoms with Crippen molar-refractivity contribution in [3.8, 4) is 11.6 Å². The molecule has 9 heteroatoms. The lowest BCUT2D eigenvalue weighted by Gasteiger charge is -2.16. The number of carbonyl (C=O) groups excluding carboxylic acids is 1. The van der Waals surface area contributed by atoms with E-state index in [2.05, 4.69) is 25.8 Å². The molecule has 0 saturated heterocycles. The van der Waals surface area contributed by atoms with E-state index < -0.39 is 0 Å². The lowest BCUT2D eigenvalue weighted by atomic mass is 10.1. The van der Waals surface area contributed by atoms with Gasteiger partial charge < -0.3 is 24.8 Å². The van der Waals surface area contributed by atoms with Crippen molar-refractivity contribution in [2.75, 3.05) is 32.7 Å². The van der Waals surface area contributed by atoms with Gasteiger partial charge in [0, 0.05) is 37.4 Å². The summed E-state index contributed by atoms with van der Waals surface area (Å²) in [5, 5.41) is 14.7. The fourth-order valence-corrected chi connectivity index (χ4v) is 3.10. The molecular weight excluding hydrogens is 398 g/mol. The highest BCUT2D eigenvalue weighted by Crippen LogP contribution is 2.34. The number of nitrogens with zero attached hydrogens (tertiary/aromatic N) is 2. The average Bonchev–Trinajstić information content (AvgIpc) is 3.14. The number of benzene rings is 1. The van der Waals surface area contributed by atoms with Crippen LogP contribution in [0.15, 0.2) is 24.3 Å². The summed E-state index contributed by atoms with van der Waals surface area (Å²) in [5.41, 5.74) is 1.37. The number of amides is 1. The van der Waals surface area contributed by atoms with E-state index in [0.717, 1.165) is 22.9 Å². The van der Waals surface area contributed by atoms with E-state index in [1.165, 1.54) is 7.11 Å². The summed E-state index contributed by atoms with van der Waals surface area (Å²) in [7, 11) is 3.17. The Morgan fingerprint density at radius 3 is 2.61 bits per heavy atom. The van der Waals surface area contributed by atoms with Crippen LogP contribution in [0.3, 0.4) is 0 Å². The van der Waals surface area contributed by atoms with Gasteiger partial charge in [-0.05, 0) is 50.8 Å². The SMILES string of the molecule is COCCCNC(=O)c1cc2cc(Nc3cc(C)[nH]n3)nc(OC(C)C)c2cc1OC. The highest BCUT2D eigenvalue weighted by atomic mass is 16.5. The molecule has 0 spiro atoms. The maximum Gasteiger partial charge on any atom is 0.255 e. The number of nitrogens with one attached hydrogen (secondary N) is 3. The Labute approximate surface area is 181 Å². The number of hydrogen-bond donors (Lipinski definition) is 3. The third-order valence-corrected chi connectivity index (χ3v) is 4.48. The van der Waals surface area contributed by atoms with Crippen LogP contribution in [0.25, 0.3) is 10.8 Å². The summed E-state index contributed by atoms with van der Waals surface area (Å²) in [6, 6.07) is 7.30. The molecule has 0 aliphatic carbocycles. The van der Waals surface area contributed by atoms with Gasteiger partial charge in [0.1, 0.15) is 11.6 Å².